The van der Waals surface area contributed by atoms with Gasteiger partial charge in [-0.05, 0) is 68.9 Å². The van der Waals surface area contributed by atoms with Crippen molar-refractivity contribution in [1.82, 2.24) is 10.2 Å². The SMILES string of the molecule is Cc1cccc(CNCC(C)CN2CCCCC2)c1C. The standard InChI is InChI=1S/C18H30N2/c1-15(14-20-10-5-4-6-11-20)12-19-13-18-9-7-8-16(2)17(18)3/h7-9,15,19H,4-6,10-14H2,1-3H3. The second kappa shape index (κ2) is 7.80. The van der Waals surface area contributed by atoms with Gasteiger partial charge in [0, 0.05) is 13.1 Å². The number of likely N-dealkylation sites (tertiary alicyclic amines) is 1. The van der Waals surface area contributed by atoms with Crippen molar-refractivity contribution < 1.29 is 0 Å². The van der Waals surface area contributed by atoms with Crippen molar-refractivity contribution in [3.8, 4) is 0 Å². The average molecular weight is 274 g/mol. The molecule has 20 heavy (non-hydrogen) atoms. The van der Waals surface area contributed by atoms with Crippen molar-refractivity contribution in [2.24, 2.45) is 5.92 Å². The number of piperidine rings is 1. The molecule has 0 radical (unpaired) electrons. The van der Waals surface area contributed by atoms with E-state index < -0.39 is 0 Å². The van der Waals surface area contributed by atoms with Crippen LogP contribution in [-0.4, -0.2) is 31.1 Å². The quantitative estimate of drug-likeness (QED) is 0.854. The second-order valence-electron chi connectivity index (χ2n) is 6.46. The molecule has 1 saturated heterocycles. The lowest BCUT2D eigenvalue weighted by atomic mass is 10.0. The lowest BCUT2D eigenvalue weighted by Gasteiger charge is -2.29. The molecule has 1 unspecified atom stereocenters. The Labute approximate surface area is 124 Å². The molecule has 1 aliphatic rings. The fraction of sp³-hybridized carbons (Fsp3) is 0.667. The van der Waals surface area contributed by atoms with Crippen LogP contribution in [0.3, 0.4) is 0 Å². The number of benzene rings is 1. The Bertz CT molecular complexity index is 408. The van der Waals surface area contributed by atoms with Crippen LogP contribution in [0.1, 0.15) is 42.9 Å². The zero-order chi connectivity index (χ0) is 14.4. The summed E-state index contributed by atoms with van der Waals surface area (Å²) in [5.74, 6) is 0.734. The fourth-order valence-electron chi connectivity index (χ4n) is 3.10. The second-order valence-corrected chi connectivity index (χ2v) is 6.46. The van der Waals surface area contributed by atoms with E-state index >= 15 is 0 Å². The predicted molar refractivity (Wildman–Crippen MR) is 87.1 cm³/mol. The van der Waals surface area contributed by atoms with Gasteiger partial charge in [-0.15, -0.1) is 0 Å². The van der Waals surface area contributed by atoms with E-state index in [1.54, 1.807) is 0 Å². The molecule has 1 atom stereocenters. The number of aryl methyl sites for hydroxylation is 1. The summed E-state index contributed by atoms with van der Waals surface area (Å²) in [5.41, 5.74) is 4.27. The van der Waals surface area contributed by atoms with Crippen LogP contribution in [0.2, 0.25) is 0 Å². The first-order chi connectivity index (χ1) is 9.66. The molecule has 2 rings (SSSR count). The van der Waals surface area contributed by atoms with Gasteiger partial charge in [0.05, 0.1) is 0 Å². The highest BCUT2D eigenvalue weighted by atomic mass is 15.1. The highest BCUT2D eigenvalue weighted by Gasteiger charge is 2.13. The molecule has 0 aromatic heterocycles. The smallest absolute Gasteiger partial charge is 0.0208 e. The maximum atomic E-state index is 3.63. The number of rotatable bonds is 6. The summed E-state index contributed by atoms with van der Waals surface area (Å²) in [7, 11) is 0. The number of nitrogens with one attached hydrogen (secondary N) is 1. The molecule has 0 aliphatic carbocycles. The number of hydrogen-bond acceptors (Lipinski definition) is 2. The van der Waals surface area contributed by atoms with Gasteiger partial charge >= 0.3 is 0 Å². The molecule has 0 amide bonds. The molecular formula is C18H30N2. The van der Waals surface area contributed by atoms with Gasteiger partial charge in [0.25, 0.3) is 0 Å². The van der Waals surface area contributed by atoms with Crippen LogP contribution in [0.15, 0.2) is 18.2 Å². The van der Waals surface area contributed by atoms with Crippen LogP contribution < -0.4 is 5.32 Å². The highest BCUT2D eigenvalue weighted by Crippen LogP contribution is 2.13. The largest absolute Gasteiger partial charge is 0.312 e. The summed E-state index contributed by atoms with van der Waals surface area (Å²) in [6.07, 6.45) is 4.21. The van der Waals surface area contributed by atoms with Gasteiger partial charge in [-0.1, -0.05) is 31.5 Å². The van der Waals surface area contributed by atoms with E-state index in [4.69, 9.17) is 0 Å². The van der Waals surface area contributed by atoms with Crippen molar-refractivity contribution >= 4 is 0 Å². The van der Waals surface area contributed by atoms with Crippen molar-refractivity contribution in [1.29, 1.82) is 0 Å². The van der Waals surface area contributed by atoms with Gasteiger partial charge in [0.2, 0.25) is 0 Å². The minimum atomic E-state index is 0.734. The van der Waals surface area contributed by atoms with E-state index in [2.05, 4.69) is 49.2 Å². The summed E-state index contributed by atoms with van der Waals surface area (Å²) in [6.45, 7) is 12.8. The molecule has 2 nitrogen and oxygen atoms in total. The van der Waals surface area contributed by atoms with E-state index in [0.717, 1.165) is 19.0 Å². The normalized spacial score (nSPS) is 18.1. The molecule has 112 valence electrons. The fourth-order valence-corrected chi connectivity index (χ4v) is 3.10. The van der Waals surface area contributed by atoms with Gasteiger partial charge in [-0.2, -0.15) is 0 Å². The van der Waals surface area contributed by atoms with Crippen molar-refractivity contribution in [2.75, 3.05) is 26.2 Å². The van der Waals surface area contributed by atoms with Gasteiger partial charge in [-0.3, -0.25) is 0 Å². The molecular weight excluding hydrogens is 244 g/mol. The Morgan fingerprint density at radius 2 is 1.90 bits per heavy atom. The molecule has 0 bridgehead atoms. The van der Waals surface area contributed by atoms with E-state index in [9.17, 15) is 0 Å². The van der Waals surface area contributed by atoms with Crippen LogP contribution >= 0.6 is 0 Å². The van der Waals surface area contributed by atoms with Gasteiger partial charge in [-0.25, -0.2) is 0 Å². The molecule has 2 heteroatoms. The monoisotopic (exact) mass is 274 g/mol. The first kappa shape index (κ1) is 15.5. The molecule has 0 spiro atoms. The van der Waals surface area contributed by atoms with Gasteiger partial charge < -0.3 is 10.2 Å². The van der Waals surface area contributed by atoms with E-state index in [1.165, 1.54) is 55.6 Å². The van der Waals surface area contributed by atoms with Gasteiger partial charge in [0.1, 0.15) is 0 Å². The Balaban J connectivity index is 1.70. The molecule has 1 aromatic carbocycles. The van der Waals surface area contributed by atoms with Crippen LogP contribution in [-0.2, 0) is 6.54 Å². The highest BCUT2D eigenvalue weighted by molar-refractivity contribution is 5.32. The predicted octanol–water partition coefficient (Wildman–Crippen LogP) is 3.52. The third kappa shape index (κ3) is 4.60. The third-order valence-electron chi connectivity index (χ3n) is 4.54. The van der Waals surface area contributed by atoms with Gasteiger partial charge in [0.15, 0.2) is 0 Å². The minimum Gasteiger partial charge on any atom is -0.312 e. The lowest BCUT2D eigenvalue weighted by molar-refractivity contribution is 0.199. The molecule has 1 N–H and O–H groups in total. The third-order valence-corrected chi connectivity index (χ3v) is 4.54. The van der Waals surface area contributed by atoms with E-state index in [-0.39, 0.29) is 0 Å². The molecule has 1 aliphatic heterocycles. The summed E-state index contributed by atoms with van der Waals surface area (Å²) in [4.78, 5) is 2.63. The first-order valence-electron chi connectivity index (χ1n) is 8.15. The number of hydrogen-bond donors (Lipinski definition) is 1. The maximum absolute atomic E-state index is 3.63. The Kier molecular flexibility index (Phi) is 6.06. The van der Waals surface area contributed by atoms with E-state index in [0.29, 0.717) is 0 Å². The molecule has 1 heterocycles. The number of nitrogens with zero attached hydrogens (tertiary/aromatic N) is 1. The molecule has 1 aromatic rings. The summed E-state index contributed by atoms with van der Waals surface area (Å²) < 4.78 is 0. The van der Waals surface area contributed by atoms with Crippen LogP contribution in [0.5, 0.6) is 0 Å². The average Bonchev–Trinajstić information content (AvgIpc) is 2.44. The van der Waals surface area contributed by atoms with Crippen LogP contribution in [0, 0.1) is 19.8 Å². The Morgan fingerprint density at radius 1 is 1.15 bits per heavy atom. The molecule has 1 fully saturated rings. The minimum absolute atomic E-state index is 0.734. The van der Waals surface area contributed by atoms with E-state index in [1.807, 2.05) is 0 Å². The Morgan fingerprint density at radius 3 is 2.65 bits per heavy atom. The molecule has 0 saturated carbocycles. The van der Waals surface area contributed by atoms with Crippen LogP contribution in [0.4, 0.5) is 0 Å². The van der Waals surface area contributed by atoms with Crippen molar-refractivity contribution in [2.45, 2.75) is 46.6 Å². The maximum Gasteiger partial charge on any atom is 0.0208 e. The zero-order valence-electron chi connectivity index (χ0n) is 13.4. The topological polar surface area (TPSA) is 15.3 Å². The summed E-state index contributed by atoms with van der Waals surface area (Å²) >= 11 is 0. The first-order valence-corrected chi connectivity index (χ1v) is 8.15. The van der Waals surface area contributed by atoms with Crippen molar-refractivity contribution in [3.05, 3.63) is 34.9 Å². The lowest BCUT2D eigenvalue weighted by Crippen LogP contribution is -2.36. The van der Waals surface area contributed by atoms with Crippen molar-refractivity contribution in [3.63, 3.8) is 0 Å². The Hall–Kier alpha value is -0.860. The zero-order valence-corrected chi connectivity index (χ0v) is 13.4. The summed E-state index contributed by atoms with van der Waals surface area (Å²) in [6, 6.07) is 6.60. The summed E-state index contributed by atoms with van der Waals surface area (Å²) in [5, 5.41) is 3.63. The van der Waals surface area contributed by atoms with Crippen LogP contribution in [0.25, 0.3) is 0 Å².